The fraction of sp³-hybridized carbons (Fsp3) is 0.500. The zero-order valence-electron chi connectivity index (χ0n) is 14.3. The summed E-state index contributed by atoms with van der Waals surface area (Å²) >= 11 is 1.75. The van der Waals surface area contributed by atoms with Gasteiger partial charge in [0.1, 0.15) is 0 Å². The Bertz CT molecular complexity index is 713. The van der Waals surface area contributed by atoms with Gasteiger partial charge in [0, 0.05) is 36.7 Å². The van der Waals surface area contributed by atoms with Gasteiger partial charge in [-0.3, -0.25) is 4.79 Å². The number of anilines is 1. The molecule has 1 aliphatic rings. The number of carbonyl (C=O) groups is 1. The highest BCUT2D eigenvalue weighted by molar-refractivity contribution is 7.98. The molecule has 3 rings (SSSR count). The van der Waals surface area contributed by atoms with Crippen LogP contribution in [-0.4, -0.2) is 47.5 Å². The lowest BCUT2D eigenvalue weighted by atomic mass is 9.96. The van der Waals surface area contributed by atoms with E-state index in [1.165, 1.54) is 0 Å². The van der Waals surface area contributed by atoms with E-state index >= 15 is 0 Å². The van der Waals surface area contributed by atoms with E-state index in [4.69, 9.17) is 4.98 Å². The molecule has 0 bridgehead atoms. The number of carbonyl (C=O) groups excluding carboxylic acids is 1. The summed E-state index contributed by atoms with van der Waals surface area (Å²) in [6.45, 7) is 4.45. The fourth-order valence-corrected chi connectivity index (χ4v) is 3.43. The average Bonchev–Trinajstić information content (AvgIpc) is 2.62. The SMILES string of the molecule is CSCCNC(=O)C1CCN(c2nc(C)c3ccccc3n2)CC1. The van der Waals surface area contributed by atoms with Gasteiger partial charge in [-0.2, -0.15) is 11.8 Å². The molecule has 1 aromatic heterocycles. The molecule has 1 aromatic carbocycles. The Morgan fingerprint density at radius 3 is 2.79 bits per heavy atom. The highest BCUT2D eigenvalue weighted by atomic mass is 32.2. The summed E-state index contributed by atoms with van der Waals surface area (Å²) < 4.78 is 0. The van der Waals surface area contributed by atoms with Gasteiger partial charge >= 0.3 is 0 Å². The number of amides is 1. The van der Waals surface area contributed by atoms with Crippen molar-refractivity contribution in [1.82, 2.24) is 15.3 Å². The molecule has 1 amide bonds. The van der Waals surface area contributed by atoms with E-state index in [1.807, 2.05) is 25.1 Å². The lowest BCUT2D eigenvalue weighted by Crippen LogP contribution is -2.41. The molecule has 0 unspecified atom stereocenters. The van der Waals surface area contributed by atoms with Crippen LogP contribution in [0.4, 0.5) is 5.95 Å². The van der Waals surface area contributed by atoms with E-state index in [0.717, 1.165) is 60.8 Å². The maximum Gasteiger partial charge on any atom is 0.226 e. The van der Waals surface area contributed by atoms with Crippen LogP contribution in [0.2, 0.25) is 0 Å². The molecule has 0 aliphatic carbocycles. The summed E-state index contributed by atoms with van der Waals surface area (Å²) in [7, 11) is 0. The Morgan fingerprint density at radius 2 is 2.04 bits per heavy atom. The number of hydrogen-bond donors (Lipinski definition) is 1. The van der Waals surface area contributed by atoms with Crippen LogP contribution in [0.5, 0.6) is 0 Å². The second-order valence-electron chi connectivity index (χ2n) is 6.17. The number of thioether (sulfide) groups is 1. The molecule has 128 valence electrons. The average molecular weight is 344 g/mol. The molecule has 1 N–H and O–H groups in total. The maximum atomic E-state index is 12.2. The Morgan fingerprint density at radius 1 is 1.29 bits per heavy atom. The minimum atomic E-state index is 0.115. The number of piperidine rings is 1. The number of aromatic nitrogens is 2. The van der Waals surface area contributed by atoms with Crippen molar-refractivity contribution in [2.75, 3.05) is 36.5 Å². The third kappa shape index (κ3) is 3.80. The third-order valence-electron chi connectivity index (χ3n) is 4.54. The molecule has 24 heavy (non-hydrogen) atoms. The van der Waals surface area contributed by atoms with Crippen LogP contribution in [-0.2, 0) is 4.79 Å². The molecule has 1 fully saturated rings. The quantitative estimate of drug-likeness (QED) is 0.845. The predicted octanol–water partition coefficient (Wildman–Crippen LogP) is 2.63. The first-order valence-electron chi connectivity index (χ1n) is 8.44. The summed E-state index contributed by atoms with van der Waals surface area (Å²) in [6.07, 6.45) is 3.77. The first kappa shape index (κ1) is 17.0. The molecule has 0 atom stereocenters. The molecule has 2 aromatic rings. The lowest BCUT2D eigenvalue weighted by molar-refractivity contribution is -0.125. The number of rotatable bonds is 5. The molecule has 2 heterocycles. The van der Waals surface area contributed by atoms with Gasteiger partial charge in [-0.1, -0.05) is 18.2 Å². The minimum Gasteiger partial charge on any atom is -0.355 e. The normalized spacial score (nSPS) is 15.7. The van der Waals surface area contributed by atoms with Crippen LogP contribution < -0.4 is 10.2 Å². The van der Waals surface area contributed by atoms with Crippen LogP contribution in [0.1, 0.15) is 18.5 Å². The van der Waals surface area contributed by atoms with E-state index < -0.39 is 0 Å². The van der Waals surface area contributed by atoms with Crippen molar-refractivity contribution in [1.29, 1.82) is 0 Å². The van der Waals surface area contributed by atoms with Crippen LogP contribution in [0.15, 0.2) is 24.3 Å². The first-order valence-corrected chi connectivity index (χ1v) is 9.83. The van der Waals surface area contributed by atoms with E-state index in [2.05, 4.69) is 27.5 Å². The number of aryl methyl sites for hydroxylation is 1. The van der Waals surface area contributed by atoms with E-state index in [-0.39, 0.29) is 11.8 Å². The summed E-state index contributed by atoms with van der Waals surface area (Å²) in [5.41, 5.74) is 1.99. The van der Waals surface area contributed by atoms with Crippen molar-refractivity contribution >= 4 is 34.5 Å². The Hall–Kier alpha value is -1.82. The molecule has 0 saturated carbocycles. The topological polar surface area (TPSA) is 58.1 Å². The Labute approximate surface area is 147 Å². The molecular weight excluding hydrogens is 320 g/mol. The van der Waals surface area contributed by atoms with Crippen molar-refractivity contribution in [3.8, 4) is 0 Å². The second-order valence-corrected chi connectivity index (χ2v) is 7.16. The van der Waals surface area contributed by atoms with Gasteiger partial charge in [0.25, 0.3) is 0 Å². The lowest BCUT2D eigenvalue weighted by Gasteiger charge is -2.31. The van der Waals surface area contributed by atoms with Crippen LogP contribution >= 0.6 is 11.8 Å². The molecule has 6 heteroatoms. The summed E-state index contributed by atoms with van der Waals surface area (Å²) in [6, 6.07) is 8.10. The summed E-state index contributed by atoms with van der Waals surface area (Å²) in [5.74, 6) is 2.06. The number of fused-ring (bicyclic) bond motifs is 1. The molecular formula is C18H24N4OS. The number of hydrogen-bond acceptors (Lipinski definition) is 5. The Balaban J connectivity index is 1.63. The largest absolute Gasteiger partial charge is 0.355 e. The van der Waals surface area contributed by atoms with E-state index in [0.29, 0.717) is 0 Å². The zero-order chi connectivity index (χ0) is 16.9. The Kier molecular flexibility index (Phi) is 5.56. The van der Waals surface area contributed by atoms with Gasteiger partial charge in [0.2, 0.25) is 11.9 Å². The molecule has 1 aliphatic heterocycles. The fourth-order valence-electron chi connectivity index (χ4n) is 3.12. The number of nitrogens with one attached hydrogen (secondary N) is 1. The highest BCUT2D eigenvalue weighted by Gasteiger charge is 2.26. The molecule has 0 radical (unpaired) electrons. The van der Waals surface area contributed by atoms with Crippen LogP contribution in [0.3, 0.4) is 0 Å². The van der Waals surface area contributed by atoms with Crippen molar-refractivity contribution < 1.29 is 4.79 Å². The minimum absolute atomic E-state index is 0.115. The first-order chi connectivity index (χ1) is 11.7. The second kappa shape index (κ2) is 7.83. The molecule has 5 nitrogen and oxygen atoms in total. The van der Waals surface area contributed by atoms with Gasteiger partial charge in [0.05, 0.1) is 11.2 Å². The third-order valence-corrected chi connectivity index (χ3v) is 5.15. The van der Waals surface area contributed by atoms with Gasteiger partial charge in [-0.25, -0.2) is 9.97 Å². The van der Waals surface area contributed by atoms with Gasteiger partial charge in [-0.05, 0) is 32.1 Å². The number of benzene rings is 1. The van der Waals surface area contributed by atoms with Gasteiger partial charge in [-0.15, -0.1) is 0 Å². The maximum absolute atomic E-state index is 12.2. The molecule has 1 saturated heterocycles. The van der Waals surface area contributed by atoms with Crippen LogP contribution in [0.25, 0.3) is 10.9 Å². The van der Waals surface area contributed by atoms with Gasteiger partial charge in [0.15, 0.2) is 0 Å². The van der Waals surface area contributed by atoms with E-state index in [9.17, 15) is 4.79 Å². The summed E-state index contributed by atoms with van der Waals surface area (Å²) in [4.78, 5) is 23.7. The highest BCUT2D eigenvalue weighted by Crippen LogP contribution is 2.24. The number of nitrogens with zero attached hydrogens (tertiary/aromatic N) is 3. The van der Waals surface area contributed by atoms with Crippen molar-refractivity contribution in [3.63, 3.8) is 0 Å². The van der Waals surface area contributed by atoms with E-state index in [1.54, 1.807) is 11.8 Å². The van der Waals surface area contributed by atoms with Crippen LogP contribution in [0, 0.1) is 12.8 Å². The van der Waals surface area contributed by atoms with Crippen molar-refractivity contribution in [2.45, 2.75) is 19.8 Å². The van der Waals surface area contributed by atoms with Gasteiger partial charge < -0.3 is 10.2 Å². The molecule has 0 spiro atoms. The smallest absolute Gasteiger partial charge is 0.226 e. The van der Waals surface area contributed by atoms with Crippen molar-refractivity contribution in [2.24, 2.45) is 5.92 Å². The standard InChI is InChI=1S/C18H24N4OS/c1-13-15-5-3-4-6-16(15)21-18(20-13)22-10-7-14(8-11-22)17(23)19-9-12-24-2/h3-6,14H,7-12H2,1-2H3,(H,19,23). The summed E-state index contributed by atoms with van der Waals surface area (Å²) in [5, 5.41) is 4.13. The monoisotopic (exact) mass is 344 g/mol. The predicted molar refractivity (Wildman–Crippen MR) is 101 cm³/mol. The zero-order valence-corrected chi connectivity index (χ0v) is 15.1. The van der Waals surface area contributed by atoms with Crippen molar-refractivity contribution in [3.05, 3.63) is 30.0 Å². The number of para-hydroxylation sites is 1.